The van der Waals surface area contributed by atoms with Gasteiger partial charge in [0.15, 0.2) is 0 Å². The van der Waals surface area contributed by atoms with E-state index in [9.17, 15) is 4.79 Å². The molecule has 0 aliphatic heterocycles. The van der Waals surface area contributed by atoms with E-state index >= 15 is 0 Å². The Hall–Kier alpha value is -2.41. The van der Waals surface area contributed by atoms with Crippen molar-refractivity contribution in [2.45, 2.75) is 26.4 Å². The molecule has 2 heterocycles. The third kappa shape index (κ3) is 4.32. The van der Waals surface area contributed by atoms with E-state index in [1.807, 2.05) is 49.6 Å². The maximum atomic E-state index is 12.0. The number of hydrogen-bond acceptors (Lipinski definition) is 3. The SMILES string of the molecule is Cc1nn(CCC(=O)Nc2cnn(Cc3ccccc3)c2)cc1Br. The number of amides is 1. The van der Waals surface area contributed by atoms with E-state index in [-0.39, 0.29) is 5.91 Å². The van der Waals surface area contributed by atoms with Crippen LogP contribution in [0.15, 0.2) is 53.4 Å². The summed E-state index contributed by atoms with van der Waals surface area (Å²) in [6.07, 6.45) is 5.73. The topological polar surface area (TPSA) is 64.7 Å². The van der Waals surface area contributed by atoms with Gasteiger partial charge in [0, 0.05) is 25.4 Å². The zero-order valence-corrected chi connectivity index (χ0v) is 14.9. The Morgan fingerprint density at radius 2 is 2.00 bits per heavy atom. The van der Waals surface area contributed by atoms with Crippen LogP contribution >= 0.6 is 15.9 Å². The van der Waals surface area contributed by atoms with Crippen LogP contribution in [0.25, 0.3) is 0 Å². The molecule has 0 bridgehead atoms. The Labute approximate surface area is 148 Å². The van der Waals surface area contributed by atoms with Gasteiger partial charge in [0.2, 0.25) is 5.91 Å². The number of hydrogen-bond donors (Lipinski definition) is 1. The first kappa shape index (κ1) is 16.4. The molecule has 7 heteroatoms. The standard InChI is InChI=1S/C17H18BrN5O/c1-13-16(18)12-22(21-13)8-7-17(24)20-15-9-19-23(11-15)10-14-5-3-2-4-6-14/h2-6,9,11-12H,7-8,10H2,1H3,(H,20,24). The van der Waals surface area contributed by atoms with E-state index in [1.54, 1.807) is 15.6 Å². The monoisotopic (exact) mass is 387 g/mol. The number of anilines is 1. The lowest BCUT2D eigenvalue weighted by Crippen LogP contribution is -2.14. The number of aryl methyl sites for hydroxylation is 2. The second-order valence-electron chi connectivity index (χ2n) is 5.54. The summed E-state index contributed by atoms with van der Waals surface area (Å²) in [7, 11) is 0. The zero-order valence-electron chi connectivity index (χ0n) is 13.3. The van der Waals surface area contributed by atoms with Crippen molar-refractivity contribution in [3.63, 3.8) is 0 Å². The molecule has 0 saturated heterocycles. The third-order valence-electron chi connectivity index (χ3n) is 3.56. The van der Waals surface area contributed by atoms with Gasteiger partial charge in [-0.25, -0.2) is 0 Å². The first-order chi connectivity index (χ1) is 11.6. The van der Waals surface area contributed by atoms with Crippen LogP contribution in [0.3, 0.4) is 0 Å². The van der Waals surface area contributed by atoms with Gasteiger partial charge in [-0.1, -0.05) is 30.3 Å². The molecule has 24 heavy (non-hydrogen) atoms. The summed E-state index contributed by atoms with van der Waals surface area (Å²) in [5.74, 6) is -0.0569. The second-order valence-corrected chi connectivity index (χ2v) is 6.39. The van der Waals surface area contributed by atoms with Crippen LogP contribution in [0.4, 0.5) is 5.69 Å². The van der Waals surface area contributed by atoms with Crippen LogP contribution in [-0.2, 0) is 17.9 Å². The van der Waals surface area contributed by atoms with Gasteiger partial charge in [0.25, 0.3) is 0 Å². The maximum Gasteiger partial charge on any atom is 0.226 e. The van der Waals surface area contributed by atoms with Gasteiger partial charge in [0.1, 0.15) is 0 Å². The molecule has 1 N–H and O–H groups in total. The van der Waals surface area contributed by atoms with Crippen LogP contribution in [-0.4, -0.2) is 25.5 Å². The molecule has 0 radical (unpaired) electrons. The molecule has 0 aliphatic rings. The van der Waals surface area contributed by atoms with Gasteiger partial charge >= 0.3 is 0 Å². The fraction of sp³-hybridized carbons (Fsp3) is 0.235. The van der Waals surface area contributed by atoms with Gasteiger partial charge in [0.05, 0.1) is 28.6 Å². The molecule has 2 aromatic heterocycles. The molecular formula is C17H18BrN5O. The summed E-state index contributed by atoms with van der Waals surface area (Å²) in [5, 5.41) is 11.5. The van der Waals surface area contributed by atoms with Crippen LogP contribution in [0.2, 0.25) is 0 Å². The summed E-state index contributed by atoms with van der Waals surface area (Å²) >= 11 is 3.41. The van der Waals surface area contributed by atoms with E-state index in [2.05, 4.69) is 31.4 Å². The summed E-state index contributed by atoms with van der Waals surface area (Å²) in [4.78, 5) is 12.0. The van der Waals surface area contributed by atoms with Crippen LogP contribution in [0.1, 0.15) is 17.7 Å². The van der Waals surface area contributed by atoms with Crippen molar-refractivity contribution in [1.82, 2.24) is 19.6 Å². The molecule has 124 valence electrons. The molecule has 0 fully saturated rings. The summed E-state index contributed by atoms with van der Waals surface area (Å²) in [5.41, 5.74) is 2.78. The van der Waals surface area contributed by atoms with E-state index in [0.717, 1.165) is 15.7 Å². The third-order valence-corrected chi connectivity index (χ3v) is 4.34. The average molecular weight is 388 g/mol. The van der Waals surface area contributed by atoms with Crippen molar-refractivity contribution in [3.8, 4) is 0 Å². The lowest BCUT2D eigenvalue weighted by molar-refractivity contribution is -0.116. The van der Waals surface area contributed by atoms with Crippen molar-refractivity contribution >= 4 is 27.5 Å². The molecule has 1 amide bonds. The van der Waals surface area contributed by atoms with Gasteiger partial charge in [-0.15, -0.1) is 0 Å². The highest BCUT2D eigenvalue weighted by Crippen LogP contribution is 2.13. The molecule has 1 aromatic carbocycles. The minimum atomic E-state index is -0.0569. The lowest BCUT2D eigenvalue weighted by atomic mass is 10.2. The molecule has 0 spiro atoms. The number of carbonyl (C=O) groups excluding carboxylic acids is 1. The number of benzene rings is 1. The van der Waals surface area contributed by atoms with Crippen molar-refractivity contribution < 1.29 is 4.79 Å². The molecule has 0 atom stereocenters. The Bertz CT molecular complexity index is 805. The van der Waals surface area contributed by atoms with E-state index in [1.165, 1.54) is 0 Å². The average Bonchev–Trinajstić information content (AvgIpc) is 3.13. The molecule has 0 aliphatic carbocycles. The van der Waals surface area contributed by atoms with Crippen molar-refractivity contribution in [3.05, 3.63) is 64.7 Å². The predicted octanol–water partition coefficient (Wildman–Crippen LogP) is 3.23. The Morgan fingerprint density at radius 3 is 2.71 bits per heavy atom. The number of carbonyl (C=O) groups is 1. The highest BCUT2D eigenvalue weighted by atomic mass is 79.9. The minimum Gasteiger partial charge on any atom is -0.323 e. The fourth-order valence-corrected chi connectivity index (χ4v) is 2.65. The van der Waals surface area contributed by atoms with E-state index in [4.69, 9.17) is 0 Å². The molecule has 3 aromatic rings. The summed E-state index contributed by atoms with van der Waals surface area (Å²) in [6.45, 7) is 3.13. The lowest BCUT2D eigenvalue weighted by Gasteiger charge is -2.03. The second kappa shape index (κ2) is 7.44. The molecule has 0 unspecified atom stereocenters. The maximum absolute atomic E-state index is 12.0. The van der Waals surface area contributed by atoms with Crippen LogP contribution in [0, 0.1) is 6.92 Å². The Balaban J connectivity index is 1.51. The largest absolute Gasteiger partial charge is 0.323 e. The molecular weight excluding hydrogens is 370 g/mol. The quantitative estimate of drug-likeness (QED) is 0.705. The summed E-state index contributed by atoms with van der Waals surface area (Å²) in [6, 6.07) is 10.1. The normalized spacial score (nSPS) is 10.8. The first-order valence-corrected chi connectivity index (χ1v) is 8.45. The number of halogens is 1. The number of nitrogens with one attached hydrogen (secondary N) is 1. The van der Waals surface area contributed by atoms with Crippen LogP contribution < -0.4 is 5.32 Å². The van der Waals surface area contributed by atoms with Crippen molar-refractivity contribution in [2.24, 2.45) is 0 Å². The minimum absolute atomic E-state index is 0.0569. The Kier molecular flexibility index (Phi) is 5.10. The number of nitrogens with zero attached hydrogens (tertiary/aromatic N) is 4. The molecule has 6 nitrogen and oxygen atoms in total. The highest BCUT2D eigenvalue weighted by molar-refractivity contribution is 9.10. The molecule has 3 rings (SSSR count). The first-order valence-electron chi connectivity index (χ1n) is 7.66. The Morgan fingerprint density at radius 1 is 1.21 bits per heavy atom. The fourth-order valence-electron chi connectivity index (χ4n) is 2.33. The zero-order chi connectivity index (χ0) is 16.9. The van der Waals surface area contributed by atoms with Crippen molar-refractivity contribution in [1.29, 1.82) is 0 Å². The predicted molar refractivity (Wildman–Crippen MR) is 95.7 cm³/mol. The number of aromatic nitrogens is 4. The van der Waals surface area contributed by atoms with Crippen LogP contribution in [0.5, 0.6) is 0 Å². The highest BCUT2D eigenvalue weighted by Gasteiger charge is 2.07. The van der Waals surface area contributed by atoms with Gasteiger partial charge in [-0.2, -0.15) is 10.2 Å². The van der Waals surface area contributed by atoms with Gasteiger partial charge < -0.3 is 5.32 Å². The van der Waals surface area contributed by atoms with E-state index in [0.29, 0.717) is 25.2 Å². The van der Waals surface area contributed by atoms with Gasteiger partial charge in [-0.3, -0.25) is 14.2 Å². The van der Waals surface area contributed by atoms with Crippen molar-refractivity contribution in [2.75, 3.05) is 5.32 Å². The smallest absolute Gasteiger partial charge is 0.226 e. The van der Waals surface area contributed by atoms with E-state index < -0.39 is 0 Å². The summed E-state index contributed by atoms with van der Waals surface area (Å²) < 4.78 is 4.52. The number of rotatable bonds is 6. The van der Waals surface area contributed by atoms with Gasteiger partial charge in [-0.05, 0) is 28.4 Å². The molecule has 0 saturated carbocycles.